The summed E-state index contributed by atoms with van der Waals surface area (Å²) in [4.78, 5) is 36.9. The highest BCUT2D eigenvalue weighted by Gasteiger charge is 2.56. The monoisotopic (exact) mass is 495 g/mol. The van der Waals surface area contributed by atoms with Crippen molar-refractivity contribution in [1.29, 1.82) is 0 Å². The van der Waals surface area contributed by atoms with E-state index in [4.69, 9.17) is 16.2 Å². The molecule has 8 atom stereocenters. The number of anilines is 1. The summed E-state index contributed by atoms with van der Waals surface area (Å²) in [6.07, 6.45) is -2.91. The van der Waals surface area contributed by atoms with E-state index in [1.54, 1.807) is 0 Å². The summed E-state index contributed by atoms with van der Waals surface area (Å²) in [5, 5.41) is 54.5. The average Bonchev–Trinajstić information content (AvgIpc) is 3.44. The molecular formula is C20H29N7O8. The van der Waals surface area contributed by atoms with Gasteiger partial charge in [0, 0.05) is 12.5 Å². The zero-order chi connectivity index (χ0) is 25.5. The van der Waals surface area contributed by atoms with Crippen molar-refractivity contribution >= 4 is 29.0 Å². The number of ether oxygens (including phenoxy) is 1. The molecule has 35 heavy (non-hydrogen) atoms. The summed E-state index contributed by atoms with van der Waals surface area (Å²) in [6.45, 7) is -0.937. The fraction of sp³-hybridized carbons (Fsp3) is 0.650. The van der Waals surface area contributed by atoms with E-state index in [0.29, 0.717) is 12.8 Å². The average molecular weight is 495 g/mol. The van der Waals surface area contributed by atoms with Crippen LogP contribution in [0.25, 0.3) is 11.2 Å². The lowest BCUT2D eigenvalue weighted by atomic mass is 9.79. The van der Waals surface area contributed by atoms with E-state index < -0.39 is 73.0 Å². The Labute approximate surface area is 198 Å². The van der Waals surface area contributed by atoms with E-state index >= 15 is 0 Å². The van der Waals surface area contributed by atoms with Crippen molar-refractivity contribution in [3.8, 4) is 0 Å². The maximum atomic E-state index is 12.8. The van der Waals surface area contributed by atoms with E-state index in [1.807, 2.05) is 0 Å². The van der Waals surface area contributed by atoms with Crippen molar-refractivity contribution in [2.24, 2.45) is 11.7 Å². The number of hydrogen-bond acceptors (Lipinski definition) is 12. The Morgan fingerprint density at radius 1 is 1.34 bits per heavy atom. The van der Waals surface area contributed by atoms with E-state index in [2.05, 4.69) is 20.3 Å². The molecule has 0 radical (unpaired) electrons. The number of aliphatic hydroxyl groups is 4. The lowest BCUT2D eigenvalue weighted by Crippen LogP contribution is -2.66. The smallest absolute Gasteiger partial charge is 0.328 e. The summed E-state index contributed by atoms with van der Waals surface area (Å²) in [7, 11) is 0. The van der Waals surface area contributed by atoms with Crippen LogP contribution in [0.5, 0.6) is 0 Å². The van der Waals surface area contributed by atoms with Gasteiger partial charge >= 0.3 is 5.97 Å². The zero-order valence-corrected chi connectivity index (χ0v) is 18.6. The van der Waals surface area contributed by atoms with E-state index in [1.165, 1.54) is 17.1 Å². The van der Waals surface area contributed by atoms with Gasteiger partial charge in [-0.1, -0.05) is 6.42 Å². The number of carboxylic acids is 1. The number of aliphatic hydroxyl groups excluding tert-OH is 3. The number of nitrogens with two attached hydrogens (primary N) is 2. The quantitative estimate of drug-likeness (QED) is 0.189. The van der Waals surface area contributed by atoms with Crippen molar-refractivity contribution in [2.45, 2.75) is 67.9 Å². The first-order chi connectivity index (χ1) is 16.6. The second-order valence-electron chi connectivity index (χ2n) is 9.02. The van der Waals surface area contributed by atoms with Crippen LogP contribution in [0.1, 0.15) is 31.9 Å². The molecule has 0 bridgehead atoms. The molecule has 2 aliphatic rings. The van der Waals surface area contributed by atoms with E-state index in [-0.39, 0.29) is 17.1 Å². The molecule has 1 aliphatic heterocycles. The van der Waals surface area contributed by atoms with Crippen molar-refractivity contribution in [3.05, 3.63) is 12.5 Å². The molecule has 2 aromatic rings. The summed E-state index contributed by atoms with van der Waals surface area (Å²) < 4.78 is 7.09. The number of imidazole rings is 1. The molecule has 1 saturated heterocycles. The molecule has 4 rings (SSSR count). The molecule has 15 nitrogen and oxygen atoms in total. The lowest BCUT2D eigenvalue weighted by molar-refractivity contribution is -0.273. The Morgan fingerprint density at radius 3 is 2.71 bits per heavy atom. The number of carbonyl (C=O) groups excluding carboxylic acids is 1. The fourth-order valence-electron chi connectivity index (χ4n) is 4.81. The van der Waals surface area contributed by atoms with Gasteiger partial charge in [0.15, 0.2) is 17.9 Å². The Morgan fingerprint density at radius 2 is 2.09 bits per heavy atom. The SMILES string of the molecule is Nc1ncc2ncn([C@@H]3O[C@@H]([C@H](NC(=O)[C@H]4CCC[C@H]4N)C(=O)O)C[C@@](O)([C@H](O)CO)[C@H]3O)c2n1. The highest BCUT2D eigenvalue weighted by molar-refractivity contribution is 5.86. The molecule has 2 aromatic heterocycles. The normalized spacial score (nSPS) is 32.9. The molecule has 3 heterocycles. The number of nitrogens with one attached hydrogen (secondary N) is 1. The van der Waals surface area contributed by atoms with E-state index in [9.17, 15) is 35.1 Å². The number of rotatable bonds is 7. The second-order valence-corrected chi connectivity index (χ2v) is 9.02. The lowest BCUT2D eigenvalue weighted by Gasteiger charge is -2.48. The first-order valence-electron chi connectivity index (χ1n) is 11.2. The van der Waals surface area contributed by atoms with Gasteiger partial charge in [-0.25, -0.2) is 14.8 Å². The standard InChI is InChI=1S/C20H29N7O8/c21-9-3-1-2-8(9)16(31)25-13(18(32)33)11-4-20(34,12(29)6-28)14(30)17(35-11)27-7-24-10-5-23-19(22)26-15(10)27/h5,7-9,11-14,17,28-30,34H,1-4,6,21H2,(H,25,31)(H,32,33)(H2,22,23,26)/t8-,9+,11+,12+,13-,14-,17+,20+/m0/s1. The van der Waals surface area contributed by atoms with Crippen LogP contribution in [-0.2, 0) is 14.3 Å². The first kappa shape index (κ1) is 25.2. The van der Waals surface area contributed by atoms with Crippen LogP contribution in [0.2, 0.25) is 0 Å². The number of amides is 1. The van der Waals surface area contributed by atoms with Crippen LogP contribution in [0, 0.1) is 5.92 Å². The summed E-state index contributed by atoms with van der Waals surface area (Å²) >= 11 is 0. The molecule has 0 aromatic carbocycles. The topological polar surface area (TPSA) is 252 Å². The minimum Gasteiger partial charge on any atom is -0.480 e. The predicted molar refractivity (Wildman–Crippen MR) is 117 cm³/mol. The maximum absolute atomic E-state index is 12.8. The number of aromatic nitrogens is 4. The molecule has 0 spiro atoms. The van der Waals surface area contributed by atoms with Gasteiger partial charge in [-0.05, 0) is 12.8 Å². The van der Waals surface area contributed by atoms with Gasteiger partial charge in [0.25, 0.3) is 0 Å². The zero-order valence-electron chi connectivity index (χ0n) is 18.6. The van der Waals surface area contributed by atoms with Crippen molar-refractivity contribution in [2.75, 3.05) is 12.3 Å². The van der Waals surface area contributed by atoms with Crippen LogP contribution in [0.15, 0.2) is 12.5 Å². The number of nitrogen functional groups attached to an aromatic ring is 1. The highest BCUT2D eigenvalue weighted by atomic mass is 16.5. The Bertz CT molecular complexity index is 1100. The number of nitrogens with zero attached hydrogens (tertiary/aromatic N) is 4. The number of fused-ring (bicyclic) bond motifs is 1. The van der Waals surface area contributed by atoms with Crippen LogP contribution in [0.4, 0.5) is 5.95 Å². The van der Waals surface area contributed by atoms with Gasteiger partial charge in [0.05, 0.1) is 31.2 Å². The van der Waals surface area contributed by atoms with Crippen LogP contribution >= 0.6 is 0 Å². The van der Waals surface area contributed by atoms with Crippen molar-refractivity contribution < 1.29 is 39.9 Å². The first-order valence-corrected chi connectivity index (χ1v) is 11.2. The molecule has 1 saturated carbocycles. The minimum atomic E-state index is -2.42. The number of carboxylic acid groups (broad SMARTS) is 1. The Hall–Kier alpha value is -2.95. The van der Waals surface area contributed by atoms with Crippen LogP contribution in [-0.4, -0.2) is 99.5 Å². The van der Waals surface area contributed by atoms with Gasteiger partial charge in [0.1, 0.15) is 23.3 Å². The maximum Gasteiger partial charge on any atom is 0.328 e. The van der Waals surface area contributed by atoms with Crippen LogP contribution in [0.3, 0.4) is 0 Å². The summed E-state index contributed by atoms with van der Waals surface area (Å²) in [5.41, 5.74) is 9.59. The molecule has 0 unspecified atom stereocenters. The third-order valence-electron chi connectivity index (χ3n) is 6.83. The summed E-state index contributed by atoms with van der Waals surface area (Å²) in [5.74, 6) is -2.74. The molecule has 10 N–H and O–H groups in total. The van der Waals surface area contributed by atoms with Gasteiger partial charge in [-0.2, -0.15) is 4.98 Å². The molecule has 15 heteroatoms. The number of aliphatic carboxylic acids is 1. The third kappa shape index (κ3) is 4.53. The van der Waals surface area contributed by atoms with Crippen molar-refractivity contribution in [1.82, 2.24) is 24.8 Å². The molecule has 2 fully saturated rings. The van der Waals surface area contributed by atoms with Crippen LogP contribution < -0.4 is 16.8 Å². The molecular weight excluding hydrogens is 466 g/mol. The van der Waals surface area contributed by atoms with Gasteiger partial charge in [-0.3, -0.25) is 9.36 Å². The number of carbonyl (C=O) groups is 2. The second kappa shape index (κ2) is 9.60. The largest absolute Gasteiger partial charge is 0.480 e. The van der Waals surface area contributed by atoms with Crippen molar-refractivity contribution in [3.63, 3.8) is 0 Å². The third-order valence-corrected chi connectivity index (χ3v) is 6.83. The predicted octanol–water partition coefficient (Wildman–Crippen LogP) is -3.16. The molecule has 1 amide bonds. The van der Waals surface area contributed by atoms with Gasteiger partial charge < -0.3 is 47.1 Å². The Balaban J connectivity index is 1.70. The fourth-order valence-corrected chi connectivity index (χ4v) is 4.81. The summed E-state index contributed by atoms with van der Waals surface area (Å²) in [6, 6.07) is -2.08. The van der Waals surface area contributed by atoms with E-state index in [0.717, 1.165) is 6.42 Å². The molecule has 192 valence electrons. The Kier molecular flexibility index (Phi) is 6.90. The minimum absolute atomic E-state index is 0.107. The van der Waals surface area contributed by atoms with Gasteiger partial charge in [0.2, 0.25) is 11.9 Å². The molecule has 1 aliphatic carbocycles. The number of hydrogen-bond donors (Lipinski definition) is 8. The highest BCUT2D eigenvalue weighted by Crippen LogP contribution is 2.39. The van der Waals surface area contributed by atoms with Gasteiger partial charge in [-0.15, -0.1) is 0 Å².